The van der Waals surface area contributed by atoms with Crippen molar-refractivity contribution in [3.63, 3.8) is 0 Å². The van der Waals surface area contributed by atoms with E-state index < -0.39 is 0 Å². The van der Waals surface area contributed by atoms with Crippen molar-refractivity contribution >= 4 is 17.8 Å². The van der Waals surface area contributed by atoms with Crippen LogP contribution in [-0.4, -0.2) is 18.2 Å². The summed E-state index contributed by atoms with van der Waals surface area (Å²) in [5.41, 5.74) is 1.63. The molecule has 1 aromatic rings. The van der Waals surface area contributed by atoms with Gasteiger partial charge >= 0.3 is 0 Å². The van der Waals surface area contributed by atoms with Crippen LogP contribution in [-0.2, 0) is 16.0 Å². The Bertz CT molecular complexity index is 427. The summed E-state index contributed by atoms with van der Waals surface area (Å²) >= 11 is 0. The zero-order valence-corrected chi connectivity index (χ0v) is 9.01. The molecule has 0 radical (unpaired) electrons. The van der Waals surface area contributed by atoms with E-state index >= 15 is 0 Å². The quantitative estimate of drug-likeness (QED) is 0.560. The molecule has 0 saturated heterocycles. The van der Waals surface area contributed by atoms with Crippen LogP contribution in [0, 0.1) is 0 Å². The summed E-state index contributed by atoms with van der Waals surface area (Å²) < 4.78 is 0. The van der Waals surface area contributed by atoms with Gasteiger partial charge in [-0.2, -0.15) is 4.99 Å². The Balaban J connectivity index is 2.74. The Morgan fingerprint density at radius 2 is 1.88 bits per heavy atom. The van der Waals surface area contributed by atoms with Crippen molar-refractivity contribution < 1.29 is 9.59 Å². The number of nitrogens with zero attached hydrogens (tertiary/aromatic N) is 2. The van der Waals surface area contributed by atoms with Crippen LogP contribution in [0.5, 0.6) is 0 Å². The summed E-state index contributed by atoms with van der Waals surface area (Å²) in [7, 11) is 0. The van der Waals surface area contributed by atoms with Gasteiger partial charge in [0.1, 0.15) is 0 Å². The van der Waals surface area contributed by atoms with Gasteiger partial charge in [0.25, 0.3) is 0 Å². The number of benzene rings is 1. The maximum atomic E-state index is 10.2. The van der Waals surface area contributed by atoms with E-state index in [1.807, 2.05) is 19.1 Å². The minimum atomic E-state index is -0.0297. The van der Waals surface area contributed by atoms with Crippen molar-refractivity contribution in [2.75, 3.05) is 0 Å². The van der Waals surface area contributed by atoms with Gasteiger partial charge in [-0.25, -0.2) is 14.6 Å². The molecule has 16 heavy (non-hydrogen) atoms. The van der Waals surface area contributed by atoms with Gasteiger partial charge in [-0.1, -0.05) is 19.1 Å². The van der Waals surface area contributed by atoms with E-state index in [9.17, 15) is 9.59 Å². The van der Waals surface area contributed by atoms with Crippen molar-refractivity contribution in [2.24, 2.45) is 9.98 Å². The molecule has 0 saturated carbocycles. The van der Waals surface area contributed by atoms with E-state index in [0.29, 0.717) is 12.1 Å². The molecule has 1 aromatic carbocycles. The second-order valence-electron chi connectivity index (χ2n) is 3.36. The number of hydrogen-bond acceptors (Lipinski definition) is 4. The summed E-state index contributed by atoms with van der Waals surface area (Å²) in [4.78, 5) is 27.4. The molecule has 1 rings (SSSR count). The molecule has 82 valence electrons. The standard InChI is InChI=1S/C12H12N2O2/c1-2-11(13-8-15)7-10-3-5-12(6-4-10)14-9-16/h3-6,11H,2,7H2,1H3. The maximum Gasteiger partial charge on any atom is 0.240 e. The summed E-state index contributed by atoms with van der Waals surface area (Å²) in [5, 5.41) is 0. The van der Waals surface area contributed by atoms with Crippen molar-refractivity contribution in [1.29, 1.82) is 0 Å². The first-order valence-corrected chi connectivity index (χ1v) is 5.04. The van der Waals surface area contributed by atoms with E-state index in [0.717, 1.165) is 12.0 Å². The second kappa shape index (κ2) is 6.46. The minimum Gasteiger partial charge on any atom is -0.211 e. The first-order valence-electron chi connectivity index (χ1n) is 5.04. The van der Waals surface area contributed by atoms with Gasteiger partial charge in [-0.3, -0.25) is 0 Å². The molecule has 4 heteroatoms. The Hall–Kier alpha value is -2.02. The SMILES string of the molecule is CCC(Cc1ccc(N=C=O)cc1)N=C=O. The molecule has 0 aromatic heterocycles. The van der Waals surface area contributed by atoms with Gasteiger partial charge in [0.2, 0.25) is 12.2 Å². The van der Waals surface area contributed by atoms with Crippen LogP contribution in [0.2, 0.25) is 0 Å². The highest BCUT2D eigenvalue weighted by Gasteiger charge is 2.05. The van der Waals surface area contributed by atoms with Crippen LogP contribution in [0.4, 0.5) is 5.69 Å². The molecule has 0 heterocycles. The molecular weight excluding hydrogens is 204 g/mol. The van der Waals surface area contributed by atoms with Crippen LogP contribution >= 0.6 is 0 Å². The van der Waals surface area contributed by atoms with E-state index in [1.54, 1.807) is 18.2 Å². The summed E-state index contributed by atoms with van der Waals surface area (Å²) in [6.45, 7) is 1.97. The van der Waals surface area contributed by atoms with Gasteiger partial charge in [0.05, 0.1) is 11.7 Å². The van der Waals surface area contributed by atoms with E-state index in [-0.39, 0.29) is 6.04 Å². The smallest absolute Gasteiger partial charge is 0.211 e. The van der Waals surface area contributed by atoms with E-state index in [2.05, 4.69) is 9.98 Å². The Morgan fingerprint density at radius 3 is 2.38 bits per heavy atom. The lowest BCUT2D eigenvalue weighted by atomic mass is 10.0. The zero-order chi connectivity index (χ0) is 11.8. The highest BCUT2D eigenvalue weighted by atomic mass is 16.1. The summed E-state index contributed by atoms with van der Waals surface area (Å²) in [5.74, 6) is 0. The van der Waals surface area contributed by atoms with Crippen molar-refractivity contribution in [3.8, 4) is 0 Å². The topological polar surface area (TPSA) is 58.9 Å². The van der Waals surface area contributed by atoms with Crippen LogP contribution < -0.4 is 0 Å². The monoisotopic (exact) mass is 216 g/mol. The Morgan fingerprint density at radius 1 is 1.19 bits per heavy atom. The third kappa shape index (κ3) is 3.62. The molecule has 1 unspecified atom stereocenters. The highest BCUT2D eigenvalue weighted by Crippen LogP contribution is 2.14. The molecule has 0 aliphatic heterocycles. The number of carbonyl (C=O) groups excluding carboxylic acids is 2. The lowest BCUT2D eigenvalue weighted by Gasteiger charge is -2.07. The molecule has 0 aliphatic carbocycles. The van der Waals surface area contributed by atoms with Crippen LogP contribution in [0.25, 0.3) is 0 Å². The fourth-order valence-electron chi connectivity index (χ4n) is 1.39. The third-order valence-electron chi connectivity index (χ3n) is 2.29. The Labute approximate surface area is 93.7 Å². The summed E-state index contributed by atoms with van der Waals surface area (Å²) in [6.07, 6.45) is 4.54. The predicted molar refractivity (Wildman–Crippen MR) is 60.1 cm³/mol. The fraction of sp³-hybridized carbons (Fsp3) is 0.333. The first kappa shape index (κ1) is 12.1. The molecule has 1 atom stereocenters. The third-order valence-corrected chi connectivity index (χ3v) is 2.29. The van der Waals surface area contributed by atoms with Crippen molar-refractivity contribution in [2.45, 2.75) is 25.8 Å². The number of rotatable bonds is 5. The van der Waals surface area contributed by atoms with Crippen LogP contribution in [0.3, 0.4) is 0 Å². The second-order valence-corrected chi connectivity index (χ2v) is 3.36. The fourth-order valence-corrected chi connectivity index (χ4v) is 1.39. The Kier molecular flexibility index (Phi) is 4.87. The van der Waals surface area contributed by atoms with Crippen LogP contribution in [0.15, 0.2) is 34.3 Å². The minimum absolute atomic E-state index is 0.0297. The average molecular weight is 216 g/mol. The molecular formula is C12H12N2O2. The lowest BCUT2D eigenvalue weighted by Crippen LogP contribution is -2.06. The van der Waals surface area contributed by atoms with Gasteiger partial charge < -0.3 is 0 Å². The van der Waals surface area contributed by atoms with Gasteiger partial charge in [-0.05, 0) is 30.5 Å². The van der Waals surface area contributed by atoms with Gasteiger partial charge in [-0.15, -0.1) is 0 Å². The zero-order valence-electron chi connectivity index (χ0n) is 9.01. The summed E-state index contributed by atoms with van der Waals surface area (Å²) in [6, 6.07) is 7.16. The van der Waals surface area contributed by atoms with E-state index in [1.165, 1.54) is 6.08 Å². The average Bonchev–Trinajstić information content (AvgIpc) is 2.31. The molecule has 0 amide bonds. The molecule has 4 nitrogen and oxygen atoms in total. The molecule has 0 fully saturated rings. The van der Waals surface area contributed by atoms with Gasteiger partial charge in [0.15, 0.2) is 0 Å². The first-order chi connectivity index (χ1) is 7.80. The number of isocyanates is 2. The number of hydrogen-bond donors (Lipinski definition) is 0. The molecule has 0 bridgehead atoms. The van der Waals surface area contributed by atoms with Gasteiger partial charge in [0, 0.05) is 0 Å². The predicted octanol–water partition coefficient (Wildman–Crippen LogP) is 2.31. The van der Waals surface area contributed by atoms with E-state index in [4.69, 9.17) is 0 Å². The maximum absolute atomic E-state index is 10.2. The molecule has 0 N–H and O–H groups in total. The van der Waals surface area contributed by atoms with Crippen LogP contribution in [0.1, 0.15) is 18.9 Å². The number of aliphatic imine (C=N–C) groups is 2. The normalized spacial score (nSPS) is 11.1. The molecule has 0 aliphatic rings. The highest BCUT2D eigenvalue weighted by molar-refractivity contribution is 5.49. The lowest BCUT2D eigenvalue weighted by molar-refractivity contribution is 0.552. The molecule has 0 spiro atoms. The van der Waals surface area contributed by atoms with Crippen molar-refractivity contribution in [3.05, 3.63) is 29.8 Å². The largest absolute Gasteiger partial charge is 0.240 e. The van der Waals surface area contributed by atoms with Crippen molar-refractivity contribution in [1.82, 2.24) is 0 Å².